The lowest BCUT2D eigenvalue weighted by Crippen LogP contribution is -2.06. The summed E-state index contributed by atoms with van der Waals surface area (Å²) < 4.78 is 8.99. The number of ether oxygens (including phenoxy) is 1. The highest BCUT2D eigenvalue weighted by Gasteiger charge is 2.02. The van der Waals surface area contributed by atoms with Gasteiger partial charge in [0.25, 0.3) is 0 Å². The molecule has 1 N–H and O–H groups in total. The van der Waals surface area contributed by atoms with Crippen molar-refractivity contribution in [2.45, 2.75) is 26.6 Å². The molecule has 98 valence electrons. The molecule has 0 spiro atoms. The maximum absolute atomic E-state index is 5.01. The van der Waals surface area contributed by atoms with E-state index in [-0.39, 0.29) is 0 Å². The molecule has 0 aromatic carbocycles. The number of aromatic nitrogens is 4. The van der Waals surface area contributed by atoms with E-state index in [1.807, 2.05) is 29.6 Å². The Labute approximate surface area is 107 Å². The molecular weight excluding hydrogens is 230 g/mol. The molecular formula is C12H19N5O. The predicted octanol–water partition coefficient (Wildman–Crippen LogP) is 1.36. The zero-order valence-electron chi connectivity index (χ0n) is 10.8. The van der Waals surface area contributed by atoms with Crippen LogP contribution in [0.4, 0.5) is 5.69 Å². The van der Waals surface area contributed by atoms with Crippen molar-refractivity contribution in [3.05, 3.63) is 30.6 Å². The third-order valence-electron chi connectivity index (χ3n) is 2.77. The van der Waals surface area contributed by atoms with Crippen LogP contribution in [0.2, 0.25) is 0 Å². The fourth-order valence-corrected chi connectivity index (χ4v) is 1.73. The molecule has 18 heavy (non-hydrogen) atoms. The molecule has 0 unspecified atom stereocenters. The fourth-order valence-electron chi connectivity index (χ4n) is 1.73. The average molecular weight is 249 g/mol. The number of nitrogens with zero attached hydrogens (tertiary/aromatic N) is 4. The molecule has 0 aliphatic heterocycles. The van der Waals surface area contributed by atoms with Gasteiger partial charge in [-0.1, -0.05) is 0 Å². The molecule has 2 rings (SSSR count). The highest BCUT2D eigenvalue weighted by atomic mass is 16.5. The number of imidazole rings is 1. The van der Waals surface area contributed by atoms with Gasteiger partial charge in [0, 0.05) is 26.0 Å². The number of aryl methyl sites for hydroxylation is 1. The monoisotopic (exact) mass is 249 g/mol. The van der Waals surface area contributed by atoms with Gasteiger partial charge in [-0.15, -0.1) is 0 Å². The van der Waals surface area contributed by atoms with Crippen LogP contribution >= 0.6 is 0 Å². The molecule has 0 saturated heterocycles. The largest absolute Gasteiger partial charge is 0.383 e. The van der Waals surface area contributed by atoms with Gasteiger partial charge in [-0.25, -0.2) is 4.98 Å². The Morgan fingerprint density at radius 2 is 2.28 bits per heavy atom. The van der Waals surface area contributed by atoms with Gasteiger partial charge in [0.05, 0.1) is 43.6 Å². The number of nitrogens with one attached hydrogen (secondary N) is 1. The Morgan fingerprint density at radius 3 is 3.06 bits per heavy atom. The third kappa shape index (κ3) is 3.10. The summed E-state index contributed by atoms with van der Waals surface area (Å²) in [5.74, 6) is 0. The average Bonchev–Trinajstić information content (AvgIpc) is 3.02. The molecule has 0 saturated carbocycles. The number of anilines is 1. The Kier molecular flexibility index (Phi) is 4.35. The Morgan fingerprint density at radius 1 is 1.39 bits per heavy atom. The van der Waals surface area contributed by atoms with E-state index in [4.69, 9.17) is 4.74 Å². The molecule has 2 aromatic rings. The fraction of sp³-hybridized carbons (Fsp3) is 0.500. The summed E-state index contributed by atoms with van der Waals surface area (Å²) >= 11 is 0. The molecule has 6 heteroatoms. The van der Waals surface area contributed by atoms with E-state index in [9.17, 15) is 0 Å². The van der Waals surface area contributed by atoms with Gasteiger partial charge in [-0.3, -0.25) is 4.68 Å². The van der Waals surface area contributed by atoms with Gasteiger partial charge in [0.2, 0.25) is 0 Å². The van der Waals surface area contributed by atoms with E-state index in [0.717, 1.165) is 25.3 Å². The normalized spacial score (nSPS) is 10.8. The minimum absolute atomic E-state index is 0.670. The molecule has 0 bridgehead atoms. The topological polar surface area (TPSA) is 56.9 Å². The van der Waals surface area contributed by atoms with Crippen molar-refractivity contribution < 1.29 is 4.74 Å². The summed E-state index contributed by atoms with van der Waals surface area (Å²) in [4.78, 5) is 4.14. The van der Waals surface area contributed by atoms with Crippen LogP contribution in [0.1, 0.15) is 12.6 Å². The Hall–Kier alpha value is -1.82. The maximum Gasteiger partial charge on any atom is 0.0948 e. The van der Waals surface area contributed by atoms with Gasteiger partial charge in [-0.2, -0.15) is 5.10 Å². The van der Waals surface area contributed by atoms with Crippen molar-refractivity contribution in [2.24, 2.45) is 0 Å². The highest BCUT2D eigenvalue weighted by molar-refractivity contribution is 5.38. The van der Waals surface area contributed by atoms with E-state index >= 15 is 0 Å². The summed E-state index contributed by atoms with van der Waals surface area (Å²) in [5, 5.41) is 7.58. The van der Waals surface area contributed by atoms with Gasteiger partial charge in [0.15, 0.2) is 0 Å². The Balaban J connectivity index is 1.88. The lowest BCUT2D eigenvalue weighted by atomic mass is 10.4. The minimum atomic E-state index is 0.670. The zero-order chi connectivity index (χ0) is 12.8. The van der Waals surface area contributed by atoms with E-state index in [1.54, 1.807) is 7.11 Å². The first-order chi connectivity index (χ1) is 8.83. The first-order valence-electron chi connectivity index (χ1n) is 6.07. The number of hydrogen-bond donors (Lipinski definition) is 1. The van der Waals surface area contributed by atoms with Crippen LogP contribution in [-0.2, 0) is 24.4 Å². The van der Waals surface area contributed by atoms with E-state index < -0.39 is 0 Å². The summed E-state index contributed by atoms with van der Waals surface area (Å²) in [6.07, 6.45) is 7.53. The highest BCUT2D eigenvalue weighted by Crippen LogP contribution is 2.08. The van der Waals surface area contributed by atoms with Crippen LogP contribution in [0.25, 0.3) is 0 Å². The molecule has 0 amide bonds. The number of hydrogen-bond acceptors (Lipinski definition) is 4. The minimum Gasteiger partial charge on any atom is -0.383 e. The van der Waals surface area contributed by atoms with Crippen molar-refractivity contribution in [1.29, 1.82) is 0 Å². The second-order valence-electron chi connectivity index (χ2n) is 4.01. The van der Waals surface area contributed by atoms with Crippen LogP contribution in [-0.4, -0.2) is 33.0 Å². The van der Waals surface area contributed by atoms with Crippen molar-refractivity contribution in [1.82, 2.24) is 19.3 Å². The molecule has 2 aromatic heterocycles. The summed E-state index contributed by atoms with van der Waals surface area (Å²) in [6.45, 7) is 5.23. The van der Waals surface area contributed by atoms with Crippen LogP contribution in [0.5, 0.6) is 0 Å². The molecule has 0 aliphatic rings. The smallest absolute Gasteiger partial charge is 0.0948 e. The number of rotatable bonds is 7. The first-order valence-corrected chi connectivity index (χ1v) is 6.07. The molecule has 0 aliphatic carbocycles. The van der Waals surface area contributed by atoms with Crippen molar-refractivity contribution >= 4 is 5.69 Å². The Bertz CT molecular complexity index is 476. The molecule has 0 atom stereocenters. The number of methoxy groups -OCH3 is 1. The molecule has 6 nitrogen and oxygen atoms in total. The second kappa shape index (κ2) is 6.20. The quantitative estimate of drug-likeness (QED) is 0.805. The first kappa shape index (κ1) is 12.6. The molecule has 0 fully saturated rings. The van der Waals surface area contributed by atoms with Crippen LogP contribution in [0, 0.1) is 0 Å². The van der Waals surface area contributed by atoms with E-state index in [2.05, 4.69) is 26.9 Å². The van der Waals surface area contributed by atoms with Gasteiger partial charge < -0.3 is 14.6 Å². The zero-order valence-corrected chi connectivity index (χ0v) is 10.8. The SMILES string of the molecule is CCn1cncc1CNc1cnn(CCOC)c1. The van der Waals surface area contributed by atoms with E-state index in [0.29, 0.717) is 6.61 Å². The lowest BCUT2D eigenvalue weighted by molar-refractivity contribution is 0.183. The van der Waals surface area contributed by atoms with Crippen LogP contribution < -0.4 is 5.32 Å². The van der Waals surface area contributed by atoms with Crippen molar-refractivity contribution in [3.8, 4) is 0 Å². The molecule has 0 radical (unpaired) electrons. The maximum atomic E-state index is 5.01. The summed E-state index contributed by atoms with van der Waals surface area (Å²) in [7, 11) is 1.69. The van der Waals surface area contributed by atoms with Crippen LogP contribution in [0.3, 0.4) is 0 Å². The lowest BCUT2D eigenvalue weighted by Gasteiger charge is -2.06. The predicted molar refractivity (Wildman–Crippen MR) is 69.3 cm³/mol. The van der Waals surface area contributed by atoms with Crippen molar-refractivity contribution in [3.63, 3.8) is 0 Å². The molecule has 2 heterocycles. The van der Waals surface area contributed by atoms with Gasteiger partial charge in [-0.05, 0) is 6.92 Å². The standard InChI is InChI=1S/C12H19N5O/c1-3-16-10-13-7-12(16)8-14-11-6-15-17(9-11)4-5-18-2/h6-7,9-10,14H,3-5,8H2,1-2H3. The van der Waals surface area contributed by atoms with Gasteiger partial charge in [0.1, 0.15) is 0 Å². The third-order valence-corrected chi connectivity index (χ3v) is 2.77. The van der Waals surface area contributed by atoms with Crippen LogP contribution in [0.15, 0.2) is 24.9 Å². The van der Waals surface area contributed by atoms with Crippen molar-refractivity contribution in [2.75, 3.05) is 19.0 Å². The summed E-state index contributed by atoms with van der Waals surface area (Å²) in [6, 6.07) is 0. The second-order valence-corrected chi connectivity index (χ2v) is 4.01. The summed E-state index contributed by atoms with van der Waals surface area (Å²) in [5.41, 5.74) is 2.18. The van der Waals surface area contributed by atoms with E-state index in [1.165, 1.54) is 5.69 Å². The van der Waals surface area contributed by atoms with Gasteiger partial charge >= 0.3 is 0 Å².